The van der Waals surface area contributed by atoms with Crippen molar-refractivity contribution in [3.63, 3.8) is 0 Å². The number of nitrogens with one attached hydrogen (secondary N) is 1. The van der Waals surface area contributed by atoms with Crippen LogP contribution in [0.2, 0.25) is 0 Å². The Morgan fingerprint density at radius 3 is 2.65 bits per heavy atom. The molecule has 0 saturated carbocycles. The lowest BCUT2D eigenvalue weighted by Gasteiger charge is -2.04. The first-order valence-corrected chi connectivity index (χ1v) is 8.39. The average Bonchev–Trinajstić information content (AvgIpc) is 3.12. The van der Waals surface area contributed by atoms with Gasteiger partial charge in [0.15, 0.2) is 5.13 Å². The summed E-state index contributed by atoms with van der Waals surface area (Å²) in [4.78, 5) is 21.4. The van der Waals surface area contributed by atoms with Gasteiger partial charge in [-0.1, -0.05) is 6.07 Å². The predicted octanol–water partition coefficient (Wildman–Crippen LogP) is 4.03. The molecule has 3 aromatic rings. The van der Waals surface area contributed by atoms with Crippen LogP contribution in [0.4, 0.5) is 13.9 Å². The fourth-order valence-electron chi connectivity index (χ4n) is 2.01. The molecule has 0 aliphatic heterocycles. The van der Waals surface area contributed by atoms with E-state index in [1.807, 2.05) is 6.92 Å². The number of amides is 1. The average molecular weight is 351 g/mol. The number of halogens is 2. The van der Waals surface area contributed by atoms with E-state index in [4.69, 9.17) is 0 Å². The largest absolute Gasteiger partial charge is 0.302 e. The zero-order chi connectivity index (χ0) is 16.4. The number of rotatable bonds is 4. The van der Waals surface area contributed by atoms with E-state index in [0.717, 1.165) is 28.4 Å². The normalized spacial score (nSPS) is 10.7. The van der Waals surface area contributed by atoms with Gasteiger partial charge in [-0.05, 0) is 19.1 Å². The Hall–Kier alpha value is -2.19. The van der Waals surface area contributed by atoms with Crippen LogP contribution in [0.5, 0.6) is 0 Å². The van der Waals surface area contributed by atoms with Gasteiger partial charge in [0.1, 0.15) is 11.6 Å². The molecular weight excluding hydrogens is 340 g/mol. The smallest absolute Gasteiger partial charge is 0.230 e. The Bertz CT molecular complexity index is 840. The van der Waals surface area contributed by atoms with E-state index in [1.54, 1.807) is 10.9 Å². The van der Waals surface area contributed by atoms with Gasteiger partial charge in [0, 0.05) is 10.9 Å². The van der Waals surface area contributed by atoms with Crippen molar-refractivity contribution in [1.82, 2.24) is 9.97 Å². The van der Waals surface area contributed by atoms with Crippen LogP contribution in [0.25, 0.3) is 10.6 Å². The molecule has 118 valence electrons. The number of carbonyl (C=O) groups excluding carboxylic acids is 1. The van der Waals surface area contributed by atoms with Crippen LogP contribution in [-0.4, -0.2) is 15.9 Å². The Kier molecular flexibility index (Phi) is 4.44. The predicted molar refractivity (Wildman–Crippen MR) is 86.7 cm³/mol. The van der Waals surface area contributed by atoms with Crippen molar-refractivity contribution in [3.8, 4) is 10.6 Å². The van der Waals surface area contributed by atoms with Crippen molar-refractivity contribution >= 4 is 33.7 Å². The maximum absolute atomic E-state index is 13.5. The number of hydrogen-bond acceptors (Lipinski definition) is 5. The second-order valence-electron chi connectivity index (χ2n) is 4.73. The molecule has 0 bridgehead atoms. The summed E-state index contributed by atoms with van der Waals surface area (Å²) in [7, 11) is 0. The third-order valence-corrected chi connectivity index (χ3v) is 4.84. The van der Waals surface area contributed by atoms with Crippen molar-refractivity contribution in [3.05, 3.63) is 52.0 Å². The minimum atomic E-state index is -0.736. The van der Waals surface area contributed by atoms with E-state index in [1.165, 1.54) is 28.7 Å². The first-order chi connectivity index (χ1) is 11.0. The number of anilines is 1. The number of aryl methyl sites for hydroxylation is 1. The quantitative estimate of drug-likeness (QED) is 0.772. The number of thiazole rings is 2. The van der Waals surface area contributed by atoms with Crippen molar-refractivity contribution in [2.24, 2.45) is 0 Å². The summed E-state index contributed by atoms with van der Waals surface area (Å²) in [6.07, 6.45) is -0.382. The van der Waals surface area contributed by atoms with E-state index in [0.29, 0.717) is 5.13 Å². The van der Waals surface area contributed by atoms with Crippen LogP contribution in [0.15, 0.2) is 29.1 Å². The SMILES string of the molecule is Cc1ncsc1-c1csc(NC(=O)Cc2c(F)cccc2F)n1. The van der Waals surface area contributed by atoms with E-state index in [9.17, 15) is 13.6 Å². The van der Waals surface area contributed by atoms with Gasteiger partial charge in [0.25, 0.3) is 0 Å². The molecule has 0 aliphatic carbocycles. The Balaban J connectivity index is 1.72. The maximum Gasteiger partial charge on any atom is 0.230 e. The fraction of sp³-hybridized carbons (Fsp3) is 0.133. The van der Waals surface area contributed by atoms with Crippen LogP contribution < -0.4 is 5.32 Å². The lowest BCUT2D eigenvalue weighted by atomic mass is 10.1. The van der Waals surface area contributed by atoms with Gasteiger partial charge in [-0.2, -0.15) is 0 Å². The summed E-state index contributed by atoms with van der Waals surface area (Å²) >= 11 is 2.71. The standard InChI is InChI=1S/C15H11F2N3OS2/c1-8-14(23-7-18-8)12-6-22-15(19-12)20-13(21)5-9-10(16)3-2-4-11(9)17/h2-4,6-7H,5H2,1H3,(H,19,20,21). The highest BCUT2D eigenvalue weighted by molar-refractivity contribution is 7.16. The molecule has 3 rings (SSSR count). The molecule has 23 heavy (non-hydrogen) atoms. The van der Waals surface area contributed by atoms with Gasteiger partial charge >= 0.3 is 0 Å². The van der Waals surface area contributed by atoms with Gasteiger partial charge in [0.05, 0.1) is 28.2 Å². The van der Waals surface area contributed by atoms with Gasteiger partial charge < -0.3 is 5.32 Å². The summed E-state index contributed by atoms with van der Waals surface area (Å²) in [6, 6.07) is 3.51. The van der Waals surface area contributed by atoms with Gasteiger partial charge in [-0.15, -0.1) is 22.7 Å². The molecule has 0 atom stereocenters. The molecule has 0 radical (unpaired) electrons. The third kappa shape index (κ3) is 3.43. The molecule has 4 nitrogen and oxygen atoms in total. The first kappa shape index (κ1) is 15.7. The van der Waals surface area contributed by atoms with Crippen LogP contribution in [0, 0.1) is 18.6 Å². The Morgan fingerprint density at radius 1 is 1.26 bits per heavy atom. The zero-order valence-corrected chi connectivity index (χ0v) is 13.6. The summed E-state index contributed by atoms with van der Waals surface area (Å²) in [5, 5.41) is 4.76. The molecule has 2 heterocycles. The highest BCUT2D eigenvalue weighted by atomic mass is 32.1. The molecule has 0 saturated heterocycles. The van der Waals surface area contributed by atoms with Crippen molar-refractivity contribution in [1.29, 1.82) is 0 Å². The minimum Gasteiger partial charge on any atom is -0.302 e. The van der Waals surface area contributed by atoms with E-state index in [-0.39, 0.29) is 12.0 Å². The van der Waals surface area contributed by atoms with Gasteiger partial charge in [0.2, 0.25) is 5.91 Å². The van der Waals surface area contributed by atoms with Crippen molar-refractivity contribution in [2.75, 3.05) is 5.32 Å². The number of benzene rings is 1. The molecule has 0 spiro atoms. The lowest BCUT2D eigenvalue weighted by Crippen LogP contribution is -2.16. The lowest BCUT2D eigenvalue weighted by molar-refractivity contribution is -0.115. The molecule has 8 heteroatoms. The van der Waals surface area contributed by atoms with Crippen LogP contribution in [0.1, 0.15) is 11.3 Å². The topological polar surface area (TPSA) is 54.9 Å². The van der Waals surface area contributed by atoms with Crippen LogP contribution in [-0.2, 0) is 11.2 Å². The highest BCUT2D eigenvalue weighted by Crippen LogP contribution is 2.30. The monoisotopic (exact) mass is 351 g/mol. The molecule has 1 N–H and O–H groups in total. The van der Waals surface area contributed by atoms with Crippen molar-refractivity contribution in [2.45, 2.75) is 13.3 Å². The molecular formula is C15H11F2N3OS2. The van der Waals surface area contributed by atoms with Crippen LogP contribution >= 0.6 is 22.7 Å². The number of carbonyl (C=O) groups is 1. The zero-order valence-electron chi connectivity index (χ0n) is 12.0. The van der Waals surface area contributed by atoms with E-state index >= 15 is 0 Å². The number of aromatic nitrogens is 2. The molecule has 2 aromatic heterocycles. The summed E-state index contributed by atoms with van der Waals surface area (Å²) in [6.45, 7) is 1.88. The Labute approximate surface area is 138 Å². The van der Waals surface area contributed by atoms with Gasteiger partial charge in [-0.3, -0.25) is 4.79 Å². The summed E-state index contributed by atoms with van der Waals surface area (Å²) < 4.78 is 27.1. The summed E-state index contributed by atoms with van der Waals surface area (Å²) in [5.41, 5.74) is 3.07. The molecule has 0 fully saturated rings. The fourth-order valence-corrected chi connectivity index (χ4v) is 3.57. The Morgan fingerprint density at radius 2 is 2.00 bits per heavy atom. The highest BCUT2D eigenvalue weighted by Gasteiger charge is 2.15. The third-order valence-electron chi connectivity index (χ3n) is 3.13. The second-order valence-corrected chi connectivity index (χ2v) is 6.44. The molecule has 0 aliphatic rings. The van der Waals surface area contributed by atoms with E-state index in [2.05, 4.69) is 15.3 Å². The molecule has 1 amide bonds. The number of nitrogens with zero attached hydrogens (tertiary/aromatic N) is 2. The molecule has 0 unspecified atom stereocenters. The first-order valence-electron chi connectivity index (χ1n) is 6.63. The maximum atomic E-state index is 13.5. The van der Waals surface area contributed by atoms with Gasteiger partial charge in [-0.25, -0.2) is 18.7 Å². The summed E-state index contributed by atoms with van der Waals surface area (Å²) in [5.74, 6) is -1.99. The number of hydrogen-bond donors (Lipinski definition) is 1. The minimum absolute atomic E-state index is 0.250. The van der Waals surface area contributed by atoms with Crippen LogP contribution in [0.3, 0.4) is 0 Å². The molecule has 1 aromatic carbocycles. The van der Waals surface area contributed by atoms with Crippen molar-refractivity contribution < 1.29 is 13.6 Å². The van der Waals surface area contributed by atoms with E-state index < -0.39 is 17.5 Å². The second kappa shape index (κ2) is 6.51.